The van der Waals surface area contributed by atoms with Gasteiger partial charge < -0.3 is 10.2 Å². The van der Waals surface area contributed by atoms with Crippen LogP contribution in [0.3, 0.4) is 0 Å². The molecule has 1 atom stereocenters. The van der Waals surface area contributed by atoms with E-state index < -0.39 is 0 Å². The maximum Gasteiger partial charge on any atom is 0.193 e. The van der Waals surface area contributed by atoms with Crippen molar-refractivity contribution in [1.82, 2.24) is 20.1 Å². The van der Waals surface area contributed by atoms with E-state index in [1.165, 1.54) is 16.3 Å². The van der Waals surface area contributed by atoms with E-state index in [0.717, 1.165) is 45.1 Å². The van der Waals surface area contributed by atoms with Gasteiger partial charge in [-0.05, 0) is 13.3 Å². The summed E-state index contributed by atoms with van der Waals surface area (Å²) < 4.78 is 0. The van der Waals surface area contributed by atoms with Crippen LogP contribution in [0.2, 0.25) is 0 Å². The van der Waals surface area contributed by atoms with Crippen LogP contribution < -0.4 is 5.32 Å². The maximum absolute atomic E-state index is 4.45. The number of hydrogen-bond donors (Lipinski definition) is 1. The lowest BCUT2D eigenvalue weighted by Gasteiger charge is -2.25. The molecule has 0 saturated carbocycles. The Labute approximate surface area is 136 Å². The van der Waals surface area contributed by atoms with Crippen molar-refractivity contribution in [3.05, 3.63) is 28.2 Å². The van der Waals surface area contributed by atoms with Gasteiger partial charge in [0.05, 0.1) is 5.01 Å². The van der Waals surface area contributed by atoms with Gasteiger partial charge in [0, 0.05) is 63.3 Å². The monoisotopic (exact) mass is 319 g/mol. The molecule has 1 unspecified atom stereocenters. The third-order valence-electron chi connectivity index (χ3n) is 4.33. The lowest BCUT2D eigenvalue weighted by Crippen LogP contribution is -2.43. The molecule has 5 nitrogen and oxygen atoms in total. The van der Waals surface area contributed by atoms with Crippen LogP contribution >= 0.6 is 11.3 Å². The molecule has 6 heteroatoms. The van der Waals surface area contributed by atoms with Gasteiger partial charge in [-0.1, -0.05) is 12.2 Å². The highest BCUT2D eigenvalue weighted by Crippen LogP contribution is 2.18. The Morgan fingerprint density at radius 1 is 1.45 bits per heavy atom. The van der Waals surface area contributed by atoms with Crippen molar-refractivity contribution < 1.29 is 0 Å². The summed E-state index contributed by atoms with van der Waals surface area (Å²) in [6.45, 7) is 7.38. The normalized spacial score (nSPS) is 22.7. The van der Waals surface area contributed by atoms with Gasteiger partial charge in [-0.2, -0.15) is 0 Å². The third-order valence-corrected chi connectivity index (χ3v) is 5.30. The number of likely N-dealkylation sites (tertiary alicyclic amines) is 1. The maximum atomic E-state index is 4.45. The van der Waals surface area contributed by atoms with Crippen molar-refractivity contribution >= 4 is 17.3 Å². The van der Waals surface area contributed by atoms with Crippen molar-refractivity contribution in [2.24, 2.45) is 4.99 Å². The van der Waals surface area contributed by atoms with Gasteiger partial charge in [0.25, 0.3) is 0 Å². The zero-order chi connectivity index (χ0) is 15.4. The number of hydrogen-bond acceptors (Lipinski definition) is 4. The molecule has 0 amide bonds. The molecule has 2 aliphatic heterocycles. The molecule has 0 radical (unpaired) electrons. The molecule has 1 fully saturated rings. The molecule has 3 rings (SSSR count). The second kappa shape index (κ2) is 7.24. The fourth-order valence-corrected chi connectivity index (χ4v) is 3.94. The van der Waals surface area contributed by atoms with Gasteiger partial charge in [0.15, 0.2) is 5.96 Å². The summed E-state index contributed by atoms with van der Waals surface area (Å²) in [5, 5.41) is 4.69. The first kappa shape index (κ1) is 15.5. The van der Waals surface area contributed by atoms with Gasteiger partial charge >= 0.3 is 0 Å². The summed E-state index contributed by atoms with van der Waals surface area (Å²) >= 11 is 1.78. The molecule has 1 N–H and O–H groups in total. The van der Waals surface area contributed by atoms with Gasteiger partial charge in [0.2, 0.25) is 0 Å². The second-order valence-electron chi connectivity index (χ2n) is 5.90. The van der Waals surface area contributed by atoms with Crippen LogP contribution in [0.5, 0.6) is 0 Å². The van der Waals surface area contributed by atoms with Crippen molar-refractivity contribution in [3.63, 3.8) is 0 Å². The summed E-state index contributed by atoms with van der Waals surface area (Å²) in [6.07, 6.45) is 8.68. The Hall–Kier alpha value is -1.40. The van der Waals surface area contributed by atoms with E-state index in [1.807, 2.05) is 13.2 Å². The SMILES string of the molecule is CN=C(NCCc1ncc(C)s1)N1CCC(N2CC=CC2)C1. The first-order valence-electron chi connectivity index (χ1n) is 8.02. The molecule has 1 aromatic rings. The summed E-state index contributed by atoms with van der Waals surface area (Å²) in [4.78, 5) is 15.1. The topological polar surface area (TPSA) is 43.8 Å². The van der Waals surface area contributed by atoms with E-state index in [1.54, 1.807) is 11.3 Å². The first-order chi connectivity index (χ1) is 10.8. The number of rotatable bonds is 4. The Bertz CT molecular complexity index is 542. The zero-order valence-corrected chi connectivity index (χ0v) is 14.3. The van der Waals surface area contributed by atoms with E-state index in [4.69, 9.17) is 0 Å². The number of nitrogens with zero attached hydrogens (tertiary/aromatic N) is 4. The smallest absolute Gasteiger partial charge is 0.193 e. The largest absolute Gasteiger partial charge is 0.356 e. The molecule has 0 spiro atoms. The van der Waals surface area contributed by atoms with Crippen molar-refractivity contribution in [1.29, 1.82) is 0 Å². The molecule has 22 heavy (non-hydrogen) atoms. The molecular formula is C16H25N5S. The third kappa shape index (κ3) is 3.67. The Morgan fingerprint density at radius 2 is 2.27 bits per heavy atom. The molecule has 2 aliphatic rings. The fraction of sp³-hybridized carbons (Fsp3) is 0.625. The average molecular weight is 319 g/mol. The highest BCUT2D eigenvalue weighted by atomic mass is 32.1. The minimum Gasteiger partial charge on any atom is -0.356 e. The van der Waals surface area contributed by atoms with Crippen molar-refractivity contribution in [3.8, 4) is 0 Å². The molecule has 0 aromatic carbocycles. The van der Waals surface area contributed by atoms with Crippen LogP contribution in [0.1, 0.15) is 16.3 Å². The standard InChI is InChI=1S/C16H25N5S/c1-13-11-19-15(22-13)5-7-18-16(17-2)21-10-6-14(12-21)20-8-3-4-9-20/h3-4,11,14H,5-10,12H2,1-2H3,(H,17,18). The van der Waals surface area contributed by atoms with Crippen LogP contribution in [-0.4, -0.2) is 66.6 Å². The number of guanidine groups is 1. The quantitative estimate of drug-likeness (QED) is 0.519. The van der Waals surface area contributed by atoms with Crippen molar-refractivity contribution in [2.45, 2.75) is 25.8 Å². The molecule has 0 aliphatic carbocycles. The van der Waals surface area contributed by atoms with E-state index in [2.05, 4.69) is 44.2 Å². The predicted molar refractivity (Wildman–Crippen MR) is 92.6 cm³/mol. The zero-order valence-electron chi connectivity index (χ0n) is 13.5. The minimum absolute atomic E-state index is 0.662. The molecule has 3 heterocycles. The summed E-state index contributed by atoms with van der Waals surface area (Å²) in [5.74, 6) is 1.03. The number of aromatic nitrogens is 1. The highest BCUT2D eigenvalue weighted by Gasteiger charge is 2.29. The number of thiazole rings is 1. The van der Waals surface area contributed by atoms with Gasteiger partial charge in [-0.15, -0.1) is 11.3 Å². The second-order valence-corrected chi connectivity index (χ2v) is 7.22. The average Bonchev–Trinajstić information content (AvgIpc) is 3.24. The van der Waals surface area contributed by atoms with Crippen LogP contribution in [0.4, 0.5) is 0 Å². The van der Waals surface area contributed by atoms with E-state index >= 15 is 0 Å². The van der Waals surface area contributed by atoms with Crippen molar-refractivity contribution in [2.75, 3.05) is 39.8 Å². The number of aryl methyl sites for hydroxylation is 1. The van der Waals surface area contributed by atoms with Crippen LogP contribution in [0.15, 0.2) is 23.3 Å². The lowest BCUT2D eigenvalue weighted by atomic mass is 10.2. The summed E-state index contributed by atoms with van der Waals surface area (Å²) in [7, 11) is 1.88. The lowest BCUT2D eigenvalue weighted by molar-refractivity contribution is 0.259. The number of aliphatic imine (C=N–C) groups is 1. The van der Waals surface area contributed by atoms with Gasteiger partial charge in [-0.3, -0.25) is 9.89 Å². The van der Waals surface area contributed by atoms with Gasteiger partial charge in [0.1, 0.15) is 0 Å². The van der Waals surface area contributed by atoms with Crippen LogP contribution in [-0.2, 0) is 6.42 Å². The number of nitrogens with one attached hydrogen (secondary N) is 1. The molecule has 0 bridgehead atoms. The van der Waals surface area contributed by atoms with E-state index in [0.29, 0.717) is 6.04 Å². The predicted octanol–water partition coefficient (Wildman–Crippen LogP) is 1.52. The highest BCUT2D eigenvalue weighted by molar-refractivity contribution is 7.11. The minimum atomic E-state index is 0.662. The van der Waals surface area contributed by atoms with Gasteiger partial charge in [-0.25, -0.2) is 4.98 Å². The fourth-order valence-electron chi connectivity index (χ4n) is 3.16. The Kier molecular flexibility index (Phi) is 5.10. The Balaban J connectivity index is 1.45. The summed E-state index contributed by atoms with van der Waals surface area (Å²) in [6, 6.07) is 0.662. The van der Waals surface area contributed by atoms with Crippen LogP contribution in [0.25, 0.3) is 0 Å². The summed E-state index contributed by atoms with van der Waals surface area (Å²) in [5.41, 5.74) is 0. The molecule has 1 saturated heterocycles. The Morgan fingerprint density at radius 3 is 2.95 bits per heavy atom. The van der Waals surface area contributed by atoms with E-state index in [9.17, 15) is 0 Å². The van der Waals surface area contributed by atoms with Crippen LogP contribution in [0, 0.1) is 6.92 Å². The van der Waals surface area contributed by atoms with E-state index in [-0.39, 0.29) is 0 Å². The molecular weight excluding hydrogens is 294 g/mol. The molecule has 120 valence electrons. The molecule has 1 aromatic heterocycles. The first-order valence-corrected chi connectivity index (χ1v) is 8.84.